The van der Waals surface area contributed by atoms with Crippen molar-refractivity contribution in [1.82, 2.24) is 4.72 Å². The molecule has 1 aromatic carbocycles. The average molecular weight is 314 g/mol. The van der Waals surface area contributed by atoms with E-state index in [1.54, 1.807) is 24.3 Å². The fourth-order valence-electron chi connectivity index (χ4n) is 2.22. The van der Waals surface area contributed by atoms with Crippen molar-refractivity contribution in [3.8, 4) is 0 Å². The molecule has 2 rings (SSSR count). The minimum absolute atomic E-state index is 0.128. The number of nitrogens with two attached hydrogens (primary N) is 1. The van der Waals surface area contributed by atoms with E-state index in [9.17, 15) is 8.42 Å². The Balaban J connectivity index is 2.10. The van der Waals surface area contributed by atoms with Gasteiger partial charge in [-0.05, 0) is 18.4 Å². The summed E-state index contributed by atoms with van der Waals surface area (Å²) in [7, 11) is -3.44. The third-order valence-corrected chi connectivity index (χ3v) is 4.74. The minimum Gasteiger partial charge on any atom is -0.389 e. The molecule has 1 saturated heterocycles. The molecule has 1 unspecified atom stereocenters. The van der Waals surface area contributed by atoms with Crippen LogP contribution in [-0.2, 0) is 20.5 Å². The van der Waals surface area contributed by atoms with Gasteiger partial charge in [-0.15, -0.1) is 0 Å². The molecule has 0 bridgehead atoms. The largest absolute Gasteiger partial charge is 0.389 e. The van der Waals surface area contributed by atoms with Gasteiger partial charge in [0.1, 0.15) is 4.99 Å². The predicted molar refractivity (Wildman–Crippen MR) is 81.9 cm³/mol. The molecule has 0 spiro atoms. The van der Waals surface area contributed by atoms with Crippen LogP contribution >= 0.6 is 12.2 Å². The maximum absolute atomic E-state index is 12.2. The van der Waals surface area contributed by atoms with E-state index < -0.39 is 10.0 Å². The molecule has 0 aromatic heterocycles. The number of sulfonamides is 1. The number of hydrogen-bond donors (Lipinski definition) is 2. The Bertz CT molecular complexity index is 581. The van der Waals surface area contributed by atoms with Crippen LogP contribution in [0, 0.1) is 0 Å². The van der Waals surface area contributed by atoms with Crippen molar-refractivity contribution in [2.75, 3.05) is 13.2 Å². The molecule has 0 saturated carbocycles. The van der Waals surface area contributed by atoms with Crippen LogP contribution in [-0.4, -0.2) is 32.7 Å². The molecule has 1 aliphatic heterocycles. The normalized spacial score (nSPS) is 19.7. The van der Waals surface area contributed by atoms with E-state index in [2.05, 4.69) is 4.72 Å². The van der Waals surface area contributed by atoms with Crippen LogP contribution in [0.5, 0.6) is 0 Å². The Morgan fingerprint density at radius 2 is 2.20 bits per heavy atom. The van der Waals surface area contributed by atoms with Gasteiger partial charge in [-0.1, -0.05) is 36.5 Å². The number of rotatable bonds is 5. The van der Waals surface area contributed by atoms with Gasteiger partial charge in [0.2, 0.25) is 10.0 Å². The average Bonchev–Trinajstić information content (AvgIpc) is 2.39. The molecule has 1 fully saturated rings. The Labute approximate surface area is 124 Å². The first-order valence-corrected chi connectivity index (χ1v) is 8.49. The molecular formula is C13H18N2O3S2. The molecule has 1 atom stereocenters. The molecule has 110 valence electrons. The SMILES string of the molecule is NC(=S)c1ccccc1CS(=O)(=O)NC1CCCOC1. The zero-order chi connectivity index (χ0) is 14.6. The molecule has 5 nitrogen and oxygen atoms in total. The lowest BCUT2D eigenvalue weighted by Gasteiger charge is -2.23. The maximum Gasteiger partial charge on any atom is 0.216 e. The smallest absolute Gasteiger partial charge is 0.216 e. The first kappa shape index (κ1) is 15.4. The van der Waals surface area contributed by atoms with Crippen LogP contribution in [0.1, 0.15) is 24.0 Å². The predicted octanol–water partition coefficient (Wildman–Crippen LogP) is 0.919. The van der Waals surface area contributed by atoms with E-state index in [0.29, 0.717) is 24.3 Å². The number of thiocarbonyl (C=S) groups is 1. The summed E-state index contributed by atoms with van der Waals surface area (Å²) in [6.45, 7) is 1.12. The van der Waals surface area contributed by atoms with Gasteiger partial charge in [-0.3, -0.25) is 0 Å². The second-order valence-corrected chi connectivity index (χ2v) is 7.01. The van der Waals surface area contributed by atoms with Crippen molar-refractivity contribution in [3.63, 3.8) is 0 Å². The second-order valence-electron chi connectivity index (χ2n) is 4.81. The summed E-state index contributed by atoms with van der Waals surface area (Å²) in [5.74, 6) is -0.128. The molecule has 20 heavy (non-hydrogen) atoms. The number of benzene rings is 1. The molecule has 3 N–H and O–H groups in total. The van der Waals surface area contributed by atoms with Crippen LogP contribution < -0.4 is 10.5 Å². The van der Waals surface area contributed by atoms with E-state index in [1.165, 1.54) is 0 Å². The first-order chi connectivity index (χ1) is 9.48. The van der Waals surface area contributed by atoms with Crippen LogP contribution in [0.25, 0.3) is 0 Å². The molecular weight excluding hydrogens is 296 g/mol. The standard InChI is InChI=1S/C13H18N2O3S2/c14-13(19)12-6-2-1-4-10(12)9-20(16,17)15-11-5-3-7-18-8-11/h1-2,4,6,11,15H,3,5,7-9H2,(H2,14,19). The van der Waals surface area contributed by atoms with Gasteiger partial charge in [0.15, 0.2) is 0 Å². The quantitative estimate of drug-likeness (QED) is 0.790. The minimum atomic E-state index is -3.44. The molecule has 1 aromatic rings. The van der Waals surface area contributed by atoms with Gasteiger partial charge in [0.05, 0.1) is 12.4 Å². The summed E-state index contributed by atoms with van der Waals surface area (Å²) >= 11 is 4.94. The second kappa shape index (κ2) is 6.62. The Kier molecular flexibility index (Phi) is 5.09. The summed E-state index contributed by atoms with van der Waals surface area (Å²) in [5.41, 5.74) is 6.83. The summed E-state index contributed by atoms with van der Waals surface area (Å²) in [5, 5.41) is 0. The van der Waals surface area contributed by atoms with Gasteiger partial charge < -0.3 is 10.5 Å². The lowest BCUT2D eigenvalue weighted by atomic mass is 10.1. The third kappa shape index (κ3) is 4.24. The van der Waals surface area contributed by atoms with E-state index in [-0.39, 0.29) is 16.8 Å². The van der Waals surface area contributed by atoms with E-state index in [0.717, 1.165) is 12.8 Å². The summed E-state index contributed by atoms with van der Waals surface area (Å²) in [4.78, 5) is 0.205. The van der Waals surface area contributed by atoms with Gasteiger partial charge in [0, 0.05) is 18.2 Å². The van der Waals surface area contributed by atoms with Gasteiger partial charge in [-0.25, -0.2) is 13.1 Å². The highest BCUT2D eigenvalue weighted by Gasteiger charge is 2.22. The highest BCUT2D eigenvalue weighted by molar-refractivity contribution is 7.88. The molecule has 1 heterocycles. The zero-order valence-electron chi connectivity index (χ0n) is 11.0. The monoisotopic (exact) mass is 314 g/mol. The lowest BCUT2D eigenvalue weighted by molar-refractivity contribution is 0.0774. The van der Waals surface area contributed by atoms with Crippen LogP contribution in [0.4, 0.5) is 0 Å². The van der Waals surface area contributed by atoms with Gasteiger partial charge >= 0.3 is 0 Å². The molecule has 0 aliphatic carbocycles. The lowest BCUT2D eigenvalue weighted by Crippen LogP contribution is -2.41. The van der Waals surface area contributed by atoms with E-state index in [4.69, 9.17) is 22.7 Å². The fourth-order valence-corrected chi connectivity index (χ4v) is 3.86. The Morgan fingerprint density at radius 1 is 1.45 bits per heavy atom. The fraction of sp³-hybridized carbons (Fsp3) is 0.462. The van der Waals surface area contributed by atoms with Gasteiger partial charge in [0.25, 0.3) is 0 Å². The van der Waals surface area contributed by atoms with Crippen molar-refractivity contribution < 1.29 is 13.2 Å². The summed E-state index contributed by atoms with van der Waals surface area (Å²) < 4.78 is 32.3. The van der Waals surface area contributed by atoms with Crippen molar-refractivity contribution >= 4 is 27.2 Å². The van der Waals surface area contributed by atoms with Crippen molar-refractivity contribution in [1.29, 1.82) is 0 Å². The molecule has 1 aliphatic rings. The highest BCUT2D eigenvalue weighted by atomic mass is 32.2. The third-order valence-electron chi connectivity index (χ3n) is 3.13. The summed E-state index contributed by atoms with van der Waals surface area (Å²) in [6.07, 6.45) is 1.67. The number of hydrogen-bond acceptors (Lipinski definition) is 4. The number of ether oxygens (including phenoxy) is 1. The van der Waals surface area contributed by atoms with Crippen molar-refractivity contribution in [2.45, 2.75) is 24.6 Å². The Morgan fingerprint density at radius 3 is 2.85 bits per heavy atom. The van der Waals surface area contributed by atoms with Crippen LogP contribution in [0.15, 0.2) is 24.3 Å². The van der Waals surface area contributed by atoms with E-state index >= 15 is 0 Å². The molecule has 7 heteroatoms. The summed E-state index contributed by atoms with van der Waals surface area (Å²) in [6, 6.07) is 6.87. The van der Waals surface area contributed by atoms with Crippen LogP contribution in [0.3, 0.4) is 0 Å². The Hall–Kier alpha value is -1.02. The molecule has 0 amide bonds. The first-order valence-electron chi connectivity index (χ1n) is 6.43. The highest BCUT2D eigenvalue weighted by Crippen LogP contribution is 2.14. The van der Waals surface area contributed by atoms with Crippen LogP contribution in [0.2, 0.25) is 0 Å². The number of nitrogens with one attached hydrogen (secondary N) is 1. The van der Waals surface area contributed by atoms with Gasteiger partial charge in [-0.2, -0.15) is 0 Å². The maximum atomic E-state index is 12.2. The van der Waals surface area contributed by atoms with Crippen molar-refractivity contribution in [3.05, 3.63) is 35.4 Å². The topological polar surface area (TPSA) is 81.4 Å². The molecule has 0 radical (unpaired) electrons. The zero-order valence-corrected chi connectivity index (χ0v) is 12.7. The van der Waals surface area contributed by atoms with Crippen molar-refractivity contribution in [2.24, 2.45) is 5.73 Å². The van der Waals surface area contributed by atoms with E-state index in [1.807, 2.05) is 0 Å².